The van der Waals surface area contributed by atoms with Gasteiger partial charge >= 0.3 is 6.18 Å². The Hall–Kier alpha value is -2.33. The van der Waals surface area contributed by atoms with Crippen molar-refractivity contribution in [2.75, 3.05) is 38.8 Å². The van der Waals surface area contributed by atoms with Crippen molar-refractivity contribution < 1.29 is 32.2 Å². The second-order valence-corrected chi connectivity index (χ2v) is 9.56. The fourth-order valence-corrected chi connectivity index (χ4v) is 4.40. The van der Waals surface area contributed by atoms with E-state index in [0.29, 0.717) is 32.4 Å². The third kappa shape index (κ3) is 6.46. The molecule has 0 aromatic heterocycles. The summed E-state index contributed by atoms with van der Waals surface area (Å²) in [6.07, 6.45) is -2.96. The van der Waals surface area contributed by atoms with Gasteiger partial charge in [0.05, 0.1) is 16.8 Å². The van der Waals surface area contributed by atoms with Crippen molar-refractivity contribution in [1.82, 2.24) is 10.2 Å². The van der Waals surface area contributed by atoms with Crippen LogP contribution < -0.4 is 15.0 Å². The fourth-order valence-electron chi connectivity index (χ4n) is 4.40. The largest absolute Gasteiger partial charge is 0.476 e. The maximum absolute atomic E-state index is 14.2. The van der Waals surface area contributed by atoms with Crippen molar-refractivity contribution in [2.45, 2.75) is 77.7 Å². The molecule has 0 saturated heterocycles. The average Bonchev–Trinajstić information content (AvgIpc) is 2.76. The number of halogens is 3. The Kier molecular flexibility index (Phi) is 9.58. The van der Waals surface area contributed by atoms with Gasteiger partial charge < -0.3 is 24.6 Å². The number of amides is 2. The van der Waals surface area contributed by atoms with Gasteiger partial charge in [-0.2, -0.15) is 13.2 Å². The number of rotatable bonds is 11. The lowest BCUT2D eigenvalue weighted by Crippen LogP contribution is -2.53. The zero-order valence-corrected chi connectivity index (χ0v) is 21.7. The lowest BCUT2D eigenvalue weighted by Gasteiger charge is -2.40. The van der Waals surface area contributed by atoms with Crippen molar-refractivity contribution in [2.24, 2.45) is 0 Å². The molecule has 198 valence electrons. The molecule has 0 aliphatic carbocycles. The van der Waals surface area contributed by atoms with Crippen LogP contribution in [0.15, 0.2) is 12.1 Å². The Bertz CT molecular complexity index is 903. The second kappa shape index (κ2) is 11.6. The van der Waals surface area contributed by atoms with E-state index in [9.17, 15) is 22.8 Å². The quantitative estimate of drug-likeness (QED) is 0.453. The van der Waals surface area contributed by atoms with Crippen LogP contribution in [0.25, 0.3) is 0 Å². The number of alkyl halides is 3. The molecule has 1 N–H and O–H groups in total. The molecule has 2 rings (SSSR count). The average molecular weight is 502 g/mol. The van der Waals surface area contributed by atoms with Crippen LogP contribution in [-0.4, -0.2) is 68.3 Å². The minimum Gasteiger partial charge on any atom is -0.476 e. The summed E-state index contributed by atoms with van der Waals surface area (Å²) in [5.41, 5.74) is -2.73. The van der Waals surface area contributed by atoms with Gasteiger partial charge in [0.25, 0.3) is 11.8 Å². The molecule has 1 aromatic carbocycles. The zero-order valence-electron chi connectivity index (χ0n) is 21.7. The van der Waals surface area contributed by atoms with Crippen LogP contribution in [0.1, 0.15) is 69.8 Å². The van der Waals surface area contributed by atoms with E-state index in [2.05, 4.69) is 5.32 Å². The molecule has 7 nitrogen and oxygen atoms in total. The molecule has 1 heterocycles. The normalized spacial score (nSPS) is 16.2. The number of methoxy groups -OCH3 is 1. The molecule has 1 aliphatic rings. The maximum Gasteiger partial charge on any atom is 0.417 e. The Balaban J connectivity index is 2.67. The van der Waals surface area contributed by atoms with E-state index in [4.69, 9.17) is 9.47 Å². The summed E-state index contributed by atoms with van der Waals surface area (Å²) in [4.78, 5) is 29.7. The Morgan fingerprint density at radius 2 is 1.91 bits per heavy atom. The Morgan fingerprint density at radius 3 is 2.43 bits per heavy atom. The first-order chi connectivity index (χ1) is 16.3. The molecule has 0 saturated carbocycles. The highest BCUT2D eigenvalue weighted by Gasteiger charge is 2.45. The molecule has 1 aliphatic heterocycles. The van der Waals surface area contributed by atoms with Crippen molar-refractivity contribution in [1.29, 1.82) is 0 Å². The number of nitrogens with one attached hydrogen (secondary N) is 1. The van der Waals surface area contributed by atoms with Crippen LogP contribution in [0.2, 0.25) is 0 Å². The number of carbonyl (C=O) groups is 2. The molecule has 2 amide bonds. The number of unbranched alkanes of at least 4 members (excludes halogenated alkanes) is 1. The highest BCUT2D eigenvalue weighted by molar-refractivity contribution is 6.05. The summed E-state index contributed by atoms with van der Waals surface area (Å²) in [6.45, 7) is 9.70. The minimum atomic E-state index is -4.79. The predicted molar refractivity (Wildman–Crippen MR) is 129 cm³/mol. The van der Waals surface area contributed by atoms with Crippen molar-refractivity contribution >= 4 is 17.5 Å². The van der Waals surface area contributed by atoms with E-state index in [1.54, 1.807) is 28.0 Å². The predicted octanol–water partition coefficient (Wildman–Crippen LogP) is 4.48. The highest BCUT2D eigenvalue weighted by Crippen LogP contribution is 2.44. The van der Waals surface area contributed by atoms with Crippen LogP contribution in [0, 0.1) is 0 Å². The molecule has 35 heavy (non-hydrogen) atoms. The van der Waals surface area contributed by atoms with Crippen LogP contribution in [-0.2, 0) is 15.7 Å². The maximum atomic E-state index is 14.2. The van der Waals surface area contributed by atoms with Gasteiger partial charge in [-0.3, -0.25) is 9.59 Å². The molecule has 10 heteroatoms. The standard InChI is InChI=1S/C25H38F3N3O4/c1-8-17(15-29-6)31(16(2)3)22(32)18-13-20-21(14-19(18)25(26,27)28)35-24(4,5)23(33)30(20)11-9-10-12-34-7/h13-14,16-17,29H,8-12,15H2,1-7H3. The first kappa shape index (κ1) is 28.9. The number of nitrogens with zero attached hydrogens (tertiary/aromatic N) is 2. The van der Waals surface area contributed by atoms with Crippen LogP contribution >= 0.6 is 0 Å². The fraction of sp³-hybridized carbons (Fsp3) is 0.680. The second-order valence-electron chi connectivity index (χ2n) is 9.56. The Labute approximate surface area is 205 Å². The number of ether oxygens (including phenoxy) is 2. The van der Waals surface area contributed by atoms with Crippen molar-refractivity contribution in [3.8, 4) is 5.75 Å². The van der Waals surface area contributed by atoms with E-state index in [-0.39, 0.29) is 36.0 Å². The first-order valence-corrected chi connectivity index (χ1v) is 12.0. The number of carbonyl (C=O) groups excluding carboxylic acids is 2. The van der Waals surface area contributed by atoms with Gasteiger partial charge in [0.2, 0.25) is 0 Å². The van der Waals surface area contributed by atoms with Gasteiger partial charge in [-0.15, -0.1) is 0 Å². The lowest BCUT2D eigenvalue weighted by molar-refractivity contribution is -0.138. The number of benzene rings is 1. The molecule has 0 bridgehead atoms. The van der Waals surface area contributed by atoms with Crippen molar-refractivity contribution in [3.05, 3.63) is 23.3 Å². The van der Waals surface area contributed by atoms with Gasteiger partial charge in [0, 0.05) is 38.9 Å². The van der Waals surface area contributed by atoms with Gasteiger partial charge in [-0.1, -0.05) is 6.92 Å². The number of hydrogen-bond acceptors (Lipinski definition) is 5. The molecule has 1 aromatic rings. The van der Waals surface area contributed by atoms with E-state index < -0.39 is 28.8 Å². The van der Waals surface area contributed by atoms with Crippen molar-refractivity contribution in [3.63, 3.8) is 0 Å². The van der Waals surface area contributed by atoms with Gasteiger partial charge in [-0.25, -0.2) is 0 Å². The van der Waals surface area contributed by atoms with E-state index in [0.717, 1.165) is 6.07 Å². The molecular formula is C25H38F3N3O4. The summed E-state index contributed by atoms with van der Waals surface area (Å²) >= 11 is 0. The third-order valence-electron chi connectivity index (χ3n) is 6.13. The molecule has 1 atom stereocenters. The van der Waals surface area contributed by atoms with Gasteiger partial charge in [0.15, 0.2) is 5.60 Å². The topological polar surface area (TPSA) is 71.1 Å². The molecule has 0 fully saturated rings. The summed E-state index contributed by atoms with van der Waals surface area (Å²) in [5, 5.41) is 3.01. The molecular weight excluding hydrogens is 463 g/mol. The lowest BCUT2D eigenvalue weighted by atomic mass is 9.97. The Morgan fingerprint density at radius 1 is 1.26 bits per heavy atom. The molecule has 0 radical (unpaired) electrons. The van der Waals surface area contributed by atoms with Gasteiger partial charge in [-0.05, 0) is 66.1 Å². The third-order valence-corrected chi connectivity index (χ3v) is 6.13. The summed E-state index contributed by atoms with van der Waals surface area (Å²) in [6, 6.07) is 1.40. The van der Waals surface area contributed by atoms with Gasteiger partial charge in [0.1, 0.15) is 5.75 Å². The zero-order chi connectivity index (χ0) is 26.6. The van der Waals surface area contributed by atoms with E-state index in [1.165, 1.54) is 29.7 Å². The summed E-state index contributed by atoms with van der Waals surface area (Å²) in [5.74, 6) is -1.17. The molecule has 0 spiro atoms. The number of hydrogen-bond donors (Lipinski definition) is 1. The minimum absolute atomic E-state index is 0.0661. The summed E-state index contributed by atoms with van der Waals surface area (Å²) in [7, 11) is 3.31. The SMILES string of the molecule is CCC(CNC)N(C(=O)c1cc2c(cc1C(F)(F)F)OC(C)(C)C(=O)N2CCCCOC)C(C)C. The smallest absolute Gasteiger partial charge is 0.417 e. The molecule has 1 unspecified atom stereocenters. The van der Waals surface area contributed by atoms with Crippen LogP contribution in [0.3, 0.4) is 0 Å². The summed E-state index contributed by atoms with van der Waals surface area (Å²) < 4.78 is 53.4. The monoisotopic (exact) mass is 501 g/mol. The van der Waals surface area contributed by atoms with E-state index in [1.807, 2.05) is 6.92 Å². The highest BCUT2D eigenvalue weighted by atomic mass is 19.4. The number of fused-ring (bicyclic) bond motifs is 1. The number of anilines is 1. The van der Waals surface area contributed by atoms with Crippen LogP contribution in [0.5, 0.6) is 5.75 Å². The van der Waals surface area contributed by atoms with E-state index >= 15 is 0 Å². The first-order valence-electron chi connectivity index (χ1n) is 12.0. The van der Waals surface area contributed by atoms with Crippen LogP contribution in [0.4, 0.5) is 18.9 Å². The number of likely N-dealkylation sites (N-methyl/N-ethyl adjacent to an activating group) is 1.